The summed E-state index contributed by atoms with van der Waals surface area (Å²) in [7, 11) is 0. The van der Waals surface area contributed by atoms with Gasteiger partial charge < -0.3 is 0 Å². The van der Waals surface area contributed by atoms with E-state index in [-0.39, 0.29) is 25.8 Å². The minimum atomic E-state index is -1.39. The van der Waals surface area contributed by atoms with Crippen LogP contribution in [0.1, 0.15) is 27.8 Å². The maximum atomic E-state index is 13.6. The number of rotatable bonds is 2. The maximum Gasteiger partial charge on any atom is 0.198 e. The highest BCUT2D eigenvalue weighted by molar-refractivity contribution is 9.13. The zero-order chi connectivity index (χ0) is 25.7. The molecule has 178 valence electrons. The van der Waals surface area contributed by atoms with E-state index in [1.165, 1.54) is 0 Å². The molecule has 0 spiro atoms. The molecule has 0 radical (unpaired) electrons. The standard InChI is InChI=1S/C29H18Br4N2O/c30-23-14-13-21(25(32)26(23)33)28(15-34)17-7-1-3-9-19(17)29(16-35,20-10-4-2-8-18(20)28)22-11-5-6-12-24(31)27(22)36/h1-14,21,23,25-26H/t21-,23-,25+,26+,28?,29?/m1/s1. The number of benzene rings is 2. The summed E-state index contributed by atoms with van der Waals surface area (Å²) in [6.07, 6.45) is 4.16. The van der Waals surface area contributed by atoms with E-state index in [1.54, 1.807) is 24.3 Å². The molecular weight excluding hydrogens is 712 g/mol. The molecular formula is C29H18Br4N2O. The second kappa shape index (κ2) is 9.69. The van der Waals surface area contributed by atoms with Crippen molar-refractivity contribution in [2.24, 2.45) is 5.92 Å². The Balaban J connectivity index is 1.96. The van der Waals surface area contributed by atoms with Crippen molar-refractivity contribution in [3.05, 3.63) is 127 Å². The van der Waals surface area contributed by atoms with Gasteiger partial charge in [0.1, 0.15) is 10.8 Å². The summed E-state index contributed by atoms with van der Waals surface area (Å²) in [4.78, 5) is 13.7. The molecule has 0 heterocycles. The molecule has 7 heteroatoms. The van der Waals surface area contributed by atoms with E-state index < -0.39 is 10.8 Å². The summed E-state index contributed by atoms with van der Waals surface area (Å²) in [6.45, 7) is 0. The lowest BCUT2D eigenvalue weighted by Gasteiger charge is -2.48. The molecule has 3 aromatic carbocycles. The molecule has 36 heavy (non-hydrogen) atoms. The predicted octanol–water partition coefficient (Wildman–Crippen LogP) is 7.27. The van der Waals surface area contributed by atoms with Gasteiger partial charge >= 0.3 is 0 Å². The van der Waals surface area contributed by atoms with E-state index in [0.717, 1.165) is 11.1 Å². The van der Waals surface area contributed by atoms with E-state index >= 15 is 0 Å². The molecule has 0 N–H and O–H groups in total. The summed E-state index contributed by atoms with van der Waals surface area (Å²) < 4.78 is 0.380. The van der Waals surface area contributed by atoms with Crippen LogP contribution in [0.15, 0.2) is 94.2 Å². The quantitative estimate of drug-likeness (QED) is 0.206. The summed E-state index contributed by atoms with van der Waals surface area (Å²) >= 11 is 14.8. The second-order valence-corrected chi connectivity index (χ2v) is 13.0. The topological polar surface area (TPSA) is 64.7 Å². The van der Waals surface area contributed by atoms with Gasteiger partial charge in [0.15, 0.2) is 5.43 Å². The fraction of sp³-hybridized carbons (Fsp3) is 0.207. The van der Waals surface area contributed by atoms with Crippen molar-refractivity contribution in [3.8, 4) is 12.1 Å². The zero-order valence-corrected chi connectivity index (χ0v) is 25.1. The Labute approximate surface area is 243 Å². The molecule has 0 amide bonds. The van der Waals surface area contributed by atoms with Crippen LogP contribution in [0.25, 0.3) is 0 Å². The second-order valence-electron chi connectivity index (χ2n) is 8.93. The van der Waals surface area contributed by atoms with Crippen LogP contribution in [0, 0.1) is 28.6 Å². The van der Waals surface area contributed by atoms with E-state index in [9.17, 15) is 15.3 Å². The Morgan fingerprint density at radius 1 is 0.667 bits per heavy atom. The molecule has 0 aliphatic heterocycles. The number of nitrogens with zero attached hydrogens (tertiary/aromatic N) is 2. The number of nitriles is 2. The first-order valence-electron chi connectivity index (χ1n) is 11.3. The number of allylic oxidation sites excluding steroid dienone is 2. The van der Waals surface area contributed by atoms with Gasteiger partial charge in [0.25, 0.3) is 0 Å². The molecule has 0 aromatic heterocycles. The minimum Gasteiger partial charge on any atom is -0.288 e. The monoisotopic (exact) mass is 726 g/mol. The third-order valence-electron chi connectivity index (χ3n) is 7.29. The van der Waals surface area contributed by atoms with Crippen molar-refractivity contribution in [2.45, 2.75) is 25.3 Å². The summed E-state index contributed by atoms with van der Waals surface area (Å²) in [6, 6.07) is 27.4. The lowest BCUT2D eigenvalue weighted by Crippen LogP contribution is -2.51. The van der Waals surface area contributed by atoms with Gasteiger partial charge in [0.2, 0.25) is 0 Å². The molecule has 0 unspecified atom stereocenters. The van der Waals surface area contributed by atoms with Crippen LogP contribution in [-0.2, 0) is 10.8 Å². The lowest BCUT2D eigenvalue weighted by atomic mass is 9.52. The number of fused-ring (bicyclic) bond motifs is 2. The zero-order valence-electron chi connectivity index (χ0n) is 18.7. The highest BCUT2D eigenvalue weighted by Gasteiger charge is 2.57. The van der Waals surface area contributed by atoms with Gasteiger partial charge in [-0.1, -0.05) is 127 Å². The highest BCUT2D eigenvalue weighted by atomic mass is 79.9. The smallest absolute Gasteiger partial charge is 0.198 e. The Morgan fingerprint density at radius 2 is 1.17 bits per heavy atom. The third kappa shape index (κ3) is 3.47. The van der Waals surface area contributed by atoms with Gasteiger partial charge in [0.05, 0.1) is 16.6 Å². The van der Waals surface area contributed by atoms with Crippen molar-refractivity contribution in [3.63, 3.8) is 0 Å². The largest absolute Gasteiger partial charge is 0.288 e. The van der Waals surface area contributed by atoms with Crippen LogP contribution in [0.4, 0.5) is 0 Å². The normalized spacial score (nSPS) is 30.4. The van der Waals surface area contributed by atoms with Crippen molar-refractivity contribution < 1.29 is 0 Å². The van der Waals surface area contributed by atoms with E-state index in [1.807, 2.05) is 48.5 Å². The van der Waals surface area contributed by atoms with E-state index in [2.05, 4.69) is 88.0 Å². The first-order chi connectivity index (χ1) is 17.3. The third-order valence-corrected chi connectivity index (χ3v) is 12.5. The average molecular weight is 730 g/mol. The number of halogens is 4. The van der Waals surface area contributed by atoms with Crippen LogP contribution >= 0.6 is 63.7 Å². The van der Waals surface area contributed by atoms with Gasteiger partial charge in [-0.3, -0.25) is 4.79 Å². The van der Waals surface area contributed by atoms with Crippen molar-refractivity contribution in [1.29, 1.82) is 10.5 Å². The van der Waals surface area contributed by atoms with Crippen molar-refractivity contribution in [2.75, 3.05) is 0 Å². The number of alkyl halides is 3. The average Bonchev–Trinajstić information content (AvgIpc) is 3.07. The van der Waals surface area contributed by atoms with Gasteiger partial charge in [-0.25, -0.2) is 0 Å². The molecule has 0 saturated carbocycles. The fourth-order valence-corrected chi connectivity index (χ4v) is 8.37. The molecule has 2 aliphatic rings. The van der Waals surface area contributed by atoms with Gasteiger partial charge in [0, 0.05) is 26.0 Å². The number of hydrogen-bond acceptors (Lipinski definition) is 3. The Kier molecular flexibility index (Phi) is 6.89. The predicted molar refractivity (Wildman–Crippen MR) is 156 cm³/mol. The minimum absolute atomic E-state index is 0.0390. The van der Waals surface area contributed by atoms with Crippen LogP contribution in [0.5, 0.6) is 0 Å². The first-order valence-corrected chi connectivity index (χ1v) is 14.8. The molecule has 0 saturated heterocycles. The van der Waals surface area contributed by atoms with E-state index in [0.29, 0.717) is 21.2 Å². The Hall–Kier alpha value is -2.03. The summed E-state index contributed by atoms with van der Waals surface area (Å²) in [5, 5.41) is 22.0. The molecule has 4 atom stereocenters. The molecule has 2 aliphatic carbocycles. The molecule has 5 rings (SSSR count). The lowest BCUT2D eigenvalue weighted by molar-refractivity contribution is 0.424. The summed E-state index contributed by atoms with van der Waals surface area (Å²) in [5.74, 6) is -0.245. The fourth-order valence-electron chi connectivity index (χ4n) is 5.69. The van der Waals surface area contributed by atoms with Crippen molar-refractivity contribution in [1.82, 2.24) is 0 Å². The molecule has 0 fully saturated rings. The van der Waals surface area contributed by atoms with Crippen molar-refractivity contribution >= 4 is 63.7 Å². The first kappa shape index (κ1) is 25.6. The Bertz CT molecular complexity index is 1490. The Morgan fingerprint density at radius 3 is 1.69 bits per heavy atom. The van der Waals surface area contributed by atoms with Crippen LogP contribution in [-0.4, -0.2) is 14.5 Å². The molecule has 0 bridgehead atoms. The SMILES string of the molecule is N#CC1(c2ccccc(Br)c2=O)c2ccccc2C(C#N)([C@@H]2C=C[C@@H](Br)[C@H](Br)[C@H]2Br)c2ccccc21. The van der Waals surface area contributed by atoms with Gasteiger partial charge in [-0.05, 0) is 44.3 Å². The van der Waals surface area contributed by atoms with Gasteiger partial charge in [-0.15, -0.1) is 0 Å². The maximum absolute atomic E-state index is 13.6. The van der Waals surface area contributed by atoms with Crippen LogP contribution < -0.4 is 5.43 Å². The summed E-state index contributed by atoms with van der Waals surface area (Å²) in [5.41, 5.74) is 0.401. The molecule has 3 nitrogen and oxygen atoms in total. The molecule has 3 aromatic rings. The highest BCUT2D eigenvalue weighted by Crippen LogP contribution is 2.57. The van der Waals surface area contributed by atoms with Crippen LogP contribution in [0.2, 0.25) is 0 Å². The van der Waals surface area contributed by atoms with Gasteiger partial charge in [-0.2, -0.15) is 10.5 Å². The van der Waals surface area contributed by atoms with E-state index in [4.69, 9.17) is 0 Å². The number of hydrogen-bond donors (Lipinski definition) is 0. The van der Waals surface area contributed by atoms with Crippen LogP contribution in [0.3, 0.4) is 0 Å².